The van der Waals surface area contributed by atoms with E-state index in [1.165, 1.54) is 0 Å². The second-order valence-corrected chi connectivity index (χ2v) is 4.98. The third-order valence-electron chi connectivity index (χ3n) is 2.53. The molecule has 2 fully saturated rings. The SMILES string of the molecule is CC(C)(C)OC(=O)N1C[C@H]2C[C@H]1CO2. The zero-order valence-corrected chi connectivity index (χ0v) is 8.95. The highest BCUT2D eigenvalue weighted by molar-refractivity contribution is 5.69. The Labute approximate surface area is 84.2 Å². The summed E-state index contributed by atoms with van der Waals surface area (Å²) in [6, 6.07) is 0.245. The maximum absolute atomic E-state index is 11.7. The molecule has 0 spiro atoms. The summed E-state index contributed by atoms with van der Waals surface area (Å²) >= 11 is 0. The Morgan fingerprint density at radius 2 is 2.21 bits per heavy atom. The average molecular weight is 199 g/mol. The maximum atomic E-state index is 11.7. The zero-order valence-electron chi connectivity index (χ0n) is 8.95. The molecule has 2 heterocycles. The number of hydrogen-bond donors (Lipinski definition) is 0. The van der Waals surface area contributed by atoms with E-state index in [0.29, 0.717) is 13.2 Å². The van der Waals surface area contributed by atoms with Crippen LogP contribution in [-0.4, -0.2) is 41.9 Å². The van der Waals surface area contributed by atoms with E-state index in [9.17, 15) is 4.79 Å². The average Bonchev–Trinajstić information content (AvgIpc) is 2.59. The molecule has 2 aliphatic rings. The number of nitrogens with zero attached hydrogens (tertiary/aromatic N) is 1. The van der Waals surface area contributed by atoms with Crippen LogP contribution in [0.1, 0.15) is 27.2 Å². The van der Waals surface area contributed by atoms with Crippen LogP contribution in [0.5, 0.6) is 0 Å². The van der Waals surface area contributed by atoms with Crippen LogP contribution in [0.2, 0.25) is 0 Å². The molecule has 2 rings (SSSR count). The fourth-order valence-electron chi connectivity index (χ4n) is 1.94. The molecule has 0 radical (unpaired) electrons. The minimum absolute atomic E-state index is 0.201. The summed E-state index contributed by atoms with van der Waals surface area (Å²) in [5.74, 6) is 0. The number of ether oxygens (including phenoxy) is 2. The number of carbonyl (C=O) groups is 1. The third kappa shape index (κ3) is 1.85. The van der Waals surface area contributed by atoms with Crippen molar-refractivity contribution < 1.29 is 14.3 Å². The van der Waals surface area contributed by atoms with E-state index in [-0.39, 0.29) is 18.2 Å². The Balaban J connectivity index is 1.93. The van der Waals surface area contributed by atoms with Gasteiger partial charge in [0.1, 0.15) is 5.60 Å². The molecule has 0 aromatic carbocycles. The van der Waals surface area contributed by atoms with Crippen LogP contribution in [0, 0.1) is 0 Å². The monoisotopic (exact) mass is 199 g/mol. The fraction of sp³-hybridized carbons (Fsp3) is 0.900. The quantitative estimate of drug-likeness (QED) is 0.592. The summed E-state index contributed by atoms with van der Waals surface area (Å²) in [4.78, 5) is 13.5. The highest BCUT2D eigenvalue weighted by atomic mass is 16.6. The maximum Gasteiger partial charge on any atom is 0.410 e. The first-order chi connectivity index (χ1) is 6.46. The van der Waals surface area contributed by atoms with Crippen molar-refractivity contribution in [2.45, 2.75) is 44.9 Å². The molecule has 2 saturated heterocycles. The standard InChI is InChI=1S/C10H17NO3/c1-10(2,3)14-9(12)11-5-8-4-7(11)6-13-8/h7-8H,4-6H2,1-3H3/t7-,8+/m0/s1. The summed E-state index contributed by atoms with van der Waals surface area (Å²) < 4.78 is 10.7. The van der Waals surface area contributed by atoms with Crippen LogP contribution in [0.3, 0.4) is 0 Å². The molecule has 4 nitrogen and oxygen atoms in total. The predicted molar refractivity (Wildman–Crippen MR) is 51.1 cm³/mol. The molecule has 14 heavy (non-hydrogen) atoms. The first-order valence-electron chi connectivity index (χ1n) is 5.07. The van der Waals surface area contributed by atoms with Gasteiger partial charge in [0, 0.05) is 0 Å². The van der Waals surface area contributed by atoms with Gasteiger partial charge >= 0.3 is 6.09 Å². The molecule has 80 valence electrons. The summed E-state index contributed by atoms with van der Waals surface area (Å²) in [7, 11) is 0. The molecule has 1 amide bonds. The molecule has 0 unspecified atom stereocenters. The van der Waals surface area contributed by atoms with Gasteiger partial charge in [-0.05, 0) is 27.2 Å². The Morgan fingerprint density at radius 3 is 2.64 bits per heavy atom. The number of carbonyl (C=O) groups excluding carboxylic acids is 1. The topological polar surface area (TPSA) is 38.8 Å². The van der Waals surface area contributed by atoms with Gasteiger partial charge in [0.05, 0.1) is 25.3 Å². The lowest BCUT2D eigenvalue weighted by molar-refractivity contribution is -0.00882. The lowest BCUT2D eigenvalue weighted by Crippen LogP contribution is -2.44. The van der Waals surface area contributed by atoms with Crippen LogP contribution in [0.15, 0.2) is 0 Å². The number of morpholine rings is 1. The van der Waals surface area contributed by atoms with E-state index in [1.807, 2.05) is 20.8 Å². The van der Waals surface area contributed by atoms with Gasteiger partial charge in [0.15, 0.2) is 0 Å². The van der Waals surface area contributed by atoms with Crippen molar-refractivity contribution >= 4 is 6.09 Å². The highest BCUT2D eigenvalue weighted by Gasteiger charge is 2.42. The van der Waals surface area contributed by atoms with Crippen molar-refractivity contribution in [3.05, 3.63) is 0 Å². The third-order valence-corrected chi connectivity index (χ3v) is 2.53. The van der Waals surface area contributed by atoms with Gasteiger partial charge in [-0.15, -0.1) is 0 Å². The molecular weight excluding hydrogens is 182 g/mol. The van der Waals surface area contributed by atoms with Crippen molar-refractivity contribution in [3.63, 3.8) is 0 Å². The number of hydrogen-bond acceptors (Lipinski definition) is 3. The van der Waals surface area contributed by atoms with Gasteiger partial charge in [0.2, 0.25) is 0 Å². The first-order valence-corrected chi connectivity index (χ1v) is 5.07. The minimum Gasteiger partial charge on any atom is -0.444 e. The fourth-order valence-corrected chi connectivity index (χ4v) is 1.94. The number of amides is 1. The van der Waals surface area contributed by atoms with E-state index in [2.05, 4.69) is 0 Å². The van der Waals surface area contributed by atoms with Crippen molar-refractivity contribution in [3.8, 4) is 0 Å². The van der Waals surface area contributed by atoms with Crippen molar-refractivity contribution in [1.82, 2.24) is 4.90 Å². The van der Waals surface area contributed by atoms with Gasteiger partial charge in [-0.1, -0.05) is 0 Å². The summed E-state index contributed by atoms with van der Waals surface area (Å²) in [5, 5.41) is 0. The smallest absolute Gasteiger partial charge is 0.410 e. The predicted octanol–water partition coefficient (Wildman–Crippen LogP) is 1.39. The number of rotatable bonds is 0. The van der Waals surface area contributed by atoms with Crippen LogP contribution < -0.4 is 0 Å². The van der Waals surface area contributed by atoms with Gasteiger partial charge in [-0.3, -0.25) is 0 Å². The normalized spacial score (nSPS) is 30.9. The van der Waals surface area contributed by atoms with E-state index in [0.717, 1.165) is 6.42 Å². The van der Waals surface area contributed by atoms with E-state index in [4.69, 9.17) is 9.47 Å². The summed E-state index contributed by atoms with van der Waals surface area (Å²) in [5.41, 5.74) is -0.403. The van der Waals surface area contributed by atoms with Crippen molar-refractivity contribution in [2.24, 2.45) is 0 Å². The molecule has 2 atom stereocenters. The molecule has 0 N–H and O–H groups in total. The van der Waals surface area contributed by atoms with Crippen LogP contribution >= 0.6 is 0 Å². The van der Waals surface area contributed by atoms with Crippen molar-refractivity contribution in [1.29, 1.82) is 0 Å². The molecule has 0 aliphatic carbocycles. The van der Waals surface area contributed by atoms with Crippen molar-refractivity contribution in [2.75, 3.05) is 13.2 Å². The van der Waals surface area contributed by atoms with Crippen LogP contribution in [-0.2, 0) is 9.47 Å². The largest absolute Gasteiger partial charge is 0.444 e. The van der Waals surface area contributed by atoms with Crippen LogP contribution in [0.4, 0.5) is 4.79 Å². The molecular formula is C10H17NO3. The summed E-state index contributed by atoms with van der Waals surface area (Å²) in [6.45, 7) is 7.02. The molecule has 2 aliphatic heterocycles. The second-order valence-electron chi connectivity index (χ2n) is 4.98. The Hall–Kier alpha value is -0.770. The lowest BCUT2D eigenvalue weighted by Gasteiger charge is -2.29. The molecule has 4 heteroatoms. The van der Waals surface area contributed by atoms with Gasteiger partial charge in [0.25, 0.3) is 0 Å². The Bertz CT molecular complexity index is 246. The molecule has 0 aromatic rings. The molecule has 0 aromatic heterocycles. The van der Waals surface area contributed by atoms with E-state index >= 15 is 0 Å². The van der Waals surface area contributed by atoms with E-state index in [1.54, 1.807) is 4.90 Å². The zero-order chi connectivity index (χ0) is 10.3. The van der Waals surface area contributed by atoms with E-state index < -0.39 is 5.60 Å². The van der Waals surface area contributed by atoms with Crippen LogP contribution in [0.25, 0.3) is 0 Å². The number of fused-ring (bicyclic) bond motifs is 2. The Morgan fingerprint density at radius 1 is 1.50 bits per heavy atom. The second kappa shape index (κ2) is 3.12. The molecule has 2 bridgehead atoms. The first kappa shape index (κ1) is 9.77. The van der Waals surface area contributed by atoms with Gasteiger partial charge in [-0.25, -0.2) is 4.79 Å². The lowest BCUT2D eigenvalue weighted by atomic mass is 10.2. The number of likely N-dealkylation sites (tertiary alicyclic amines) is 1. The highest BCUT2D eigenvalue weighted by Crippen LogP contribution is 2.28. The Kier molecular flexibility index (Phi) is 2.18. The molecule has 0 saturated carbocycles. The van der Waals surface area contributed by atoms with Gasteiger partial charge in [-0.2, -0.15) is 0 Å². The van der Waals surface area contributed by atoms with Gasteiger partial charge < -0.3 is 14.4 Å². The minimum atomic E-state index is -0.403. The summed E-state index contributed by atoms with van der Waals surface area (Å²) in [6.07, 6.45) is 1.01.